The number of nitrogens with zero attached hydrogens (tertiary/aromatic N) is 6. The molecule has 6 rings (SSSR count). The van der Waals surface area contributed by atoms with Gasteiger partial charge in [0.05, 0.1) is 12.0 Å². The van der Waals surface area contributed by atoms with Gasteiger partial charge in [-0.05, 0) is 43.2 Å². The molecular weight excluding hydrogens is 468 g/mol. The molecule has 2 aliphatic rings. The van der Waals surface area contributed by atoms with Crippen LogP contribution in [0.25, 0.3) is 17.1 Å². The zero-order valence-corrected chi connectivity index (χ0v) is 19.5. The number of furan rings is 1. The van der Waals surface area contributed by atoms with Crippen LogP contribution < -0.4 is 4.90 Å². The number of aromatic nitrogens is 3. The minimum Gasteiger partial charge on any atom is -0.463 e. The highest BCUT2D eigenvalue weighted by molar-refractivity contribution is 6.30. The average molecular weight is 489 g/mol. The summed E-state index contributed by atoms with van der Waals surface area (Å²) in [7, 11) is 0. The fourth-order valence-corrected chi connectivity index (χ4v) is 4.47. The summed E-state index contributed by atoms with van der Waals surface area (Å²) in [5.74, 6) is 1.91. The molecule has 1 aliphatic carbocycles. The zero-order chi connectivity index (χ0) is 23.9. The molecule has 0 unspecified atom stereocenters. The van der Waals surface area contributed by atoms with Crippen molar-refractivity contribution in [3.63, 3.8) is 0 Å². The Balaban J connectivity index is 1.23. The van der Waals surface area contributed by atoms with Gasteiger partial charge in [-0.25, -0.2) is 9.67 Å². The van der Waals surface area contributed by atoms with Crippen molar-refractivity contribution in [1.82, 2.24) is 19.7 Å². The van der Waals surface area contributed by atoms with E-state index in [4.69, 9.17) is 20.4 Å². The van der Waals surface area contributed by atoms with Crippen molar-refractivity contribution >= 4 is 23.4 Å². The maximum Gasteiger partial charge on any atom is 0.274 e. The second-order valence-electron chi connectivity index (χ2n) is 8.65. The first-order valence-corrected chi connectivity index (χ1v) is 11.8. The summed E-state index contributed by atoms with van der Waals surface area (Å²) in [6, 6.07) is 14.8. The maximum absolute atomic E-state index is 13.4. The first-order chi connectivity index (χ1) is 17.1. The average Bonchev–Trinajstić information content (AvgIpc) is 3.28. The minimum atomic E-state index is -0.171. The summed E-state index contributed by atoms with van der Waals surface area (Å²) in [4.78, 5) is 21.5. The Kier molecular flexibility index (Phi) is 5.30. The van der Waals surface area contributed by atoms with Crippen molar-refractivity contribution in [1.29, 1.82) is 5.26 Å². The molecular formula is C25H21ClN6O3. The molecule has 10 heteroatoms. The molecule has 2 fully saturated rings. The van der Waals surface area contributed by atoms with Crippen LogP contribution in [-0.4, -0.2) is 51.8 Å². The predicted octanol–water partition coefficient (Wildman–Crippen LogP) is 4.49. The molecule has 1 saturated carbocycles. The fourth-order valence-electron chi connectivity index (χ4n) is 4.29. The van der Waals surface area contributed by atoms with Gasteiger partial charge in [0.2, 0.25) is 17.5 Å². The van der Waals surface area contributed by atoms with Gasteiger partial charge in [0, 0.05) is 43.2 Å². The van der Waals surface area contributed by atoms with E-state index in [1.54, 1.807) is 40.1 Å². The van der Waals surface area contributed by atoms with Gasteiger partial charge in [0.1, 0.15) is 11.8 Å². The predicted molar refractivity (Wildman–Crippen MR) is 128 cm³/mol. The van der Waals surface area contributed by atoms with Gasteiger partial charge in [0.15, 0.2) is 11.5 Å². The Bertz CT molecular complexity index is 1420. The first-order valence-electron chi connectivity index (χ1n) is 11.5. The van der Waals surface area contributed by atoms with Crippen molar-refractivity contribution in [2.75, 3.05) is 31.1 Å². The number of benzene rings is 1. The zero-order valence-electron chi connectivity index (χ0n) is 18.7. The van der Waals surface area contributed by atoms with Crippen LogP contribution in [0.3, 0.4) is 0 Å². The van der Waals surface area contributed by atoms with E-state index in [1.165, 1.54) is 0 Å². The summed E-state index contributed by atoms with van der Waals surface area (Å²) in [6.45, 7) is 2.03. The Morgan fingerprint density at radius 3 is 2.63 bits per heavy atom. The minimum absolute atomic E-state index is 0.171. The van der Waals surface area contributed by atoms with E-state index in [2.05, 4.69) is 16.2 Å². The highest BCUT2D eigenvalue weighted by atomic mass is 35.5. The van der Waals surface area contributed by atoms with Gasteiger partial charge in [-0.2, -0.15) is 10.4 Å². The topological polar surface area (TPSA) is 104 Å². The highest BCUT2D eigenvalue weighted by Gasteiger charge is 2.33. The highest BCUT2D eigenvalue weighted by Crippen LogP contribution is 2.41. The van der Waals surface area contributed by atoms with Gasteiger partial charge in [-0.3, -0.25) is 4.79 Å². The van der Waals surface area contributed by atoms with Crippen molar-refractivity contribution in [3.8, 4) is 23.2 Å². The lowest BCUT2D eigenvalue weighted by Crippen LogP contribution is -2.49. The van der Waals surface area contributed by atoms with Crippen LogP contribution in [0.5, 0.6) is 0 Å². The van der Waals surface area contributed by atoms with Crippen LogP contribution >= 0.6 is 11.6 Å². The Hall–Kier alpha value is -4.03. The molecule has 0 bridgehead atoms. The summed E-state index contributed by atoms with van der Waals surface area (Å²) < 4.78 is 13.2. The summed E-state index contributed by atoms with van der Waals surface area (Å²) in [5.41, 5.74) is 2.02. The van der Waals surface area contributed by atoms with Crippen LogP contribution in [0.4, 0.5) is 5.88 Å². The van der Waals surface area contributed by atoms with E-state index < -0.39 is 0 Å². The third-order valence-corrected chi connectivity index (χ3v) is 6.50. The molecule has 1 aliphatic heterocycles. The standard InChI is InChI=1S/C25H21ClN6O3/c26-17-3-1-4-18(13-17)32-21(22-5-2-12-34-22)14-19(29-32)24(33)30-8-10-31(11-9-30)25-20(15-27)28-23(35-25)16-6-7-16/h1-5,12-14,16H,6-11H2. The maximum atomic E-state index is 13.4. The number of nitriles is 1. The lowest BCUT2D eigenvalue weighted by atomic mass is 10.2. The van der Waals surface area contributed by atoms with E-state index in [-0.39, 0.29) is 5.91 Å². The normalized spacial score (nSPS) is 15.9. The molecule has 0 spiro atoms. The largest absolute Gasteiger partial charge is 0.463 e. The Morgan fingerprint density at radius 1 is 1.11 bits per heavy atom. The monoisotopic (exact) mass is 488 g/mol. The third kappa shape index (κ3) is 4.06. The van der Waals surface area contributed by atoms with Gasteiger partial charge in [-0.15, -0.1) is 0 Å². The number of hydrogen-bond donors (Lipinski definition) is 0. The fraction of sp³-hybridized carbons (Fsp3) is 0.280. The molecule has 0 atom stereocenters. The van der Waals surface area contributed by atoms with Gasteiger partial charge >= 0.3 is 0 Å². The molecule has 3 aromatic heterocycles. The molecule has 1 amide bonds. The van der Waals surface area contributed by atoms with Crippen LogP contribution in [-0.2, 0) is 0 Å². The number of carbonyl (C=O) groups excluding carboxylic acids is 1. The van der Waals surface area contributed by atoms with E-state index in [1.807, 2.05) is 23.1 Å². The van der Waals surface area contributed by atoms with Gasteiger partial charge < -0.3 is 18.6 Å². The van der Waals surface area contributed by atoms with Gasteiger partial charge in [0.25, 0.3) is 5.91 Å². The van der Waals surface area contributed by atoms with E-state index in [0.29, 0.717) is 71.7 Å². The van der Waals surface area contributed by atoms with E-state index in [9.17, 15) is 10.1 Å². The second-order valence-corrected chi connectivity index (χ2v) is 9.09. The van der Waals surface area contributed by atoms with Crippen LogP contribution in [0, 0.1) is 11.3 Å². The third-order valence-electron chi connectivity index (χ3n) is 6.27. The molecule has 0 N–H and O–H groups in total. The van der Waals surface area contributed by atoms with Crippen molar-refractivity contribution < 1.29 is 13.6 Å². The number of anilines is 1. The molecule has 1 aromatic carbocycles. The van der Waals surface area contributed by atoms with Crippen LogP contribution in [0.2, 0.25) is 5.02 Å². The molecule has 9 nitrogen and oxygen atoms in total. The Morgan fingerprint density at radius 2 is 1.94 bits per heavy atom. The summed E-state index contributed by atoms with van der Waals surface area (Å²) >= 11 is 6.19. The number of hydrogen-bond acceptors (Lipinski definition) is 7. The molecule has 4 heterocycles. The summed E-state index contributed by atoms with van der Waals surface area (Å²) in [5, 5.41) is 14.7. The number of amides is 1. The lowest BCUT2D eigenvalue weighted by molar-refractivity contribution is 0.0739. The van der Waals surface area contributed by atoms with Gasteiger partial charge in [-0.1, -0.05) is 17.7 Å². The van der Waals surface area contributed by atoms with Crippen molar-refractivity contribution in [2.24, 2.45) is 0 Å². The number of rotatable bonds is 5. The number of halogens is 1. The molecule has 35 heavy (non-hydrogen) atoms. The number of carbonyl (C=O) groups is 1. The lowest BCUT2D eigenvalue weighted by Gasteiger charge is -2.34. The van der Waals surface area contributed by atoms with E-state index >= 15 is 0 Å². The number of oxazole rings is 1. The van der Waals surface area contributed by atoms with Crippen molar-refractivity contribution in [3.05, 3.63) is 71.0 Å². The summed E-state index contributed by atoms with van der Waals surface area (Å²) in [6.07, 6.45) is 3.68. The molecule has 176 valence electrons. The van der Waals surface area contributed by atoms with Crippen molar-refractivity contribution in [2.45, 2.75) is 18.8 Å². The van der Waals surface area contributed by atoms with E-state index in [0.717, 1.165) is 18.5 Å². The SMILES string of the molecule is N#Cc1nc(C2CC2)oc1N1CCN(C(=O)c2cc(-c3ccco3)n(-c3cccc(Cl)c3)n2)CC1. The van der Waals surface area contributed by atoms with Crippen LogP contribution in [0.1, 0.15) is 40.8 Å². The molecule has 4 aromatic rings. The smallest absolute Gasteiger partial charge is 0.274 e. The molecule has 1 saturated heterocycles. The first kappa shape index (κ1) is 21.5. The number of piperazine rings is 1. The quantitative estimate of drug-likeness (QED) is 0.407. The second kappa shape index (κ2) is 8.64. The Labute approximate surface area is 206 Å². The molecule has 0 radical (unpaired) electrons. The van der Waals surface area contributed by atoms with Crippen LogP contribution in [0.15, 0.2) is 57.6 Å².